The first kappa shape index (κ1) is 28.5. The molecule has 9 heteroatoms. The van der Waals surface area contributed by atoms with Crippen molar-refractivity contribution < 1.29 is 9.59 Å². The summed E-state index contributed by atoms with van der Waals surface area (Å²) in [5.74, 6) is 1.68. The largest absolute Gasteiger partial charge is 0.362 e. The van der Waals surface area contributed by atoms with Crippen LogP contribution in [0.15, 0.2) is 77.3 Å². The number of halogens is 1. The zero-order chi connectivity index (χ0) is 28.8. The molecule has 1 saturated carbocycles. The van der Waals surface area contributed by atoms with E-state index in [1.807, 2.05) is 85.7 Å². The first-order valence-corrected chi connectivity index (χ1v) is 14.8. The van der Waals surface area contributed by atoms with Crippen molar-refractivity contribution in [2.24, 2.45) is 5.92 Å². The molecular formula is C32H35BrN6O2. The standard InChI is InChI=1S/C32H35BrN6O2/c1-39(2)30-27-12-5-6-13-28(27)37-32(38-30)36-24-16-14-21(15-17-24)20-34-29(40)18-22-8-3-4-11-26(22)31(41)35-25-10-7-9-23(33)19-25/h3-13,19,21,24H,14-18,20H2,1-2H3,(H,34,40)(H,35,41)(H,36,37,38). The van der Waals surface area contributed by atoms with Gasteiger partial charge in [0.05, 0.1) is 11.9 Å². The number of hydrogen-bond donors (Lipinski definition) is 3. The van der Waals surface area contributed by atoms with Gasteiger partial charge in [0, 0.05) is 47.8 Å². The fraction of sp³-hybridized carbons (Fsp3) is 0.312. The molecule has 0 radical (unpaired) electrons. The molecule has 1 aromatic heterocycles. The van der Waals surface area contributed by atoms with Crippen LogP contribution in [0.5, 0.6) is 0 Å². The van der Waals surface area contributed by atoms with Crippen LogP contribution in [-0.4, -0.2) is 48.5 Å². The Hall–Kier alpha value is -3.98. The lowest BCUT2D eigenvalue weighted by Crippen LogP contribution is -2.35. The first-order chi connectivity index (χ1) is 19.9. The number of carbonyl (C=O) groups excluding carboxylic acids is 2. The minimum absolute atomic E-state index is 0.0752. The summed E-state index contributed by atoms with van der Waals surface area (Å²) in [5, 5.41) is 10.6. The molecule has 0 spiro atoms. The van der Waals surface area contributed by atoms with Crippen LogP contribution in [0, 0.1) is 5.92 Å². The molecule has 0 bridgehead atoms. The average Bonchev–Trinajstić information content (AvgIpc) is 2.96. The molecule has 1 heterocycles. The fourth-order valence-corrected chi connectivity index (χ4v) is 5.71. The molecule has 0 unspecified atom stereocenters. The minimum atomic E-state index is -0.231. The van der Waals surface area contributed by atoms with E-state index in [1.54, 1.807) is 6.07 Å². The van der Waals surface area contributed by atoms with Crippen molar-refractivity contribution >= 4 is 56.1 Å². The number of rotatable bonds is 9. The molecule has 0 atom stereocenters. The van der Waals surface area contributed by atoms with Crippen molar-refractivity contribution in [3.8, 4) is 0 Å². The maximum atomic E-state index is 12.9. The Balaban J connectivity index is 1.11. The van der Waals surface area contributed by atoms with E-state index < -0.39 is 0 Å². The molecule has 41 heavy (non-hydrogen) atoms. The third kappa shape index (κ3) is 7.41. The van der Waals surface area contributed by atoms with E-state index in [1.165, 1.54) is 0 Å². The summed E-state index contributed by atoms with van der Waals surface area (Å²) < 4.78 is 0.883. The highest BCUT2D eigenvalue weighted by Gasteiger charge is 2.23. The van der Waals surface area contributed by atoms with Gasteiger partial charge in [-0.05, 0) is 73.6 Å². The van der Waals surface area contributed by atoms with E-state index in [4.69, 9.17) is 9.97 Å². The number of aromatic nitrogens is 2. The van der Waals surface area contributed by atoms with Crippen molar-refractivity contribution in [2.45, 2.75) is 38.1 Å². The predicted molar refractivity (Wildman–Crippen MR) is 168 cm³/mol. The van der Waals surface area contributed by atoms with Crippen LogP contribution >= 0.6 is 15.9 Å². The van der Waals surface area contributed by atoms with Crippen molar-refractivity contribution in [3.63, 3.8) is 0 Å². The molecule has 3 N–H and O–H groups in total. The van der Waals surface area contributed by atoms with Gasteiger partial charge in [0.2, 0.25) is 11.9 Å². The first-order valence-electron chi connectivity index (χ1n) is 14.0. The van der Waals surface area contributed by atoms with Crippen molar-refractivity contribution in [1.82, 2.24) is 15.3 Å². The van der Waals surface area contributed by atoms with Gasteiger partial charge in [-0.25, -0.2) is 4.98 Å². The van der Waals surface area contributed by atoms with Gasteiger partial charge < -0.3 is 20.9 Å². The van der Waals surface area contributed by atoms with Gasteiger partial charge in [-0.15, -0.1) is 0 Å². The maximum Gasteiger partial charge on any atom is 0.255 e. The summed E-state index contributed by atoms with van der Waals surface area (Å²) in [7, 11) is 3.99. The third-order valence-electron chi connectivity index (χ3n) is 7.47. The van der Waals surface area contributed by atoms with Gasteiger partial charge in [0.1, 0.15) is 5.82 Å². The van der Waals surface area contributed by atoms with Gasteiger partial charge in [0.25, 0.3) is 5.91 Å². The summed E-state index contributed by atoms with van der Waals surface area (Å²) in [6.07, 6.45) is 4.17. The molecule has 8 nitrogen and oxygen atoms in total. The van der Waals surface area contributed by atoms with E-state index in [-0.39, 0.29) is 18.2 Å². The smallest absolute Gasteiger partial charge is 0.255 e. The quantitative estimate of drug-likeness (QED) is 0.212. The van der Waals surface area contributed by atoms with Crippen LogP contribution < -0.4 is 20.9 Å². The van der Waals surface area contributed by atoms with Crippen LogP contribution in [0.3, 0.4) is 0 Å². The van der Waals surface area contributed by atoms with Gasteiger partial charge in [-0.2, -0.15) is 4.98 Å². The van der Waals surface area contributed by atoms with E-state index in [0.717, 1.165) is 46.9 Å². The Morgan fingerprint density at radius 2 is 1.68 bits per heavy atom. The third-order valence-corrected chi connectivity index (χ3v) is 7.96. The van der Waals surface area contributed by atoms with E-state index in [2.05, 4.69) is 31.9 Å². The fourth-order valence-electron chi connectivity index (χ4n) is 5.31. The van der Waals surface area contributed by atoms with Crippen LogP contribution in [0.4, 0.5) is 17.5 Å². The zero-order valence-electron chi connectivity index (χ0n) is 23.4. The number of fused-ring (bicyclic) bond motifs is 1. The molecule has 4 aromatic rings. The second-order valence-corrected chi connectivity index (χ2v) is 11.7. The highest BCUT2D eigenvalue weighted by molar-refractivity contribution is 9.10. The lowest BCUT2D eigenvalue weighted by atomic mass is 9.86. The van der Waals surface area contributed by atoms with Gasteiger partial charge in [-0.3, -0.25) is 9.59 Å². The Labute approximate surface area is 249 Å². The predicted octanol–water partition coefficient (Wildman–Crippen LogP) is 6.04. The van der Waals surface area contributed by atoms with E-state index in [9.17, 15) is 9.59 Å². The Morgan fingerprint density at radius 1 is 0.927 bits per heavy atom. The molecular weight excluding hydrogens is 580 g/mol. The lowest BCUT2D eigenvalue weighted by molar-refractivity contribution is -0.120. The molecule has 1 fully saturated rings. The monoisotopic (exact) mass is 614 g/mol. The SMILES string of the molecule is CN(C)c1nc(NC2CCC(CNC(=O)Cc3ccccc3C(=O)Nc3cccc(Br)c3)CC2)nc2ccccc12. The maximum absolute atomic E-state index is 12.9. The molecule has 5 rings (SSSR count). The Morgan fingerprint density at radius 3 is 2.46 bits per heavy atom. The molecule has 2 amide bonds. The second kappa shape index (κ2) is 13.1. The van der Waals surface area contributed by atoms with E-state index >= 15 is 0 Å². The van der Waals surface area contributed by atoms with Crippen molar-refractivity contribution in [3.05, 3.63) is 88.4 Å². The average molecular weight is 616 g/mol. The highest BCUT2D eigenvalue weighted by atomic mass is 79.9. The summed E-state index contributed by atoms with van der Waals surface area (Å²) in [6.45, 7) is 0.634. The Kier molecular flexibility index (Phi) is 9.14. The van der Waals surface area contributed by atoms with Crippen LogP contribution in [0.2, 0.25) is 0 Å². The van der Waals surface area contributed by atoms with E-state index in [0.29, 0.717) is 41.3 Å². The van der Waals surface area contributed by atoms with Crippen molar-refractivity contribution in [1.29, 1.82) is 0 Å². The summed E-state index contributed by atoms with van der Waals surface area (Å²) in [6, 6.07) is 23.1. The van der Waals surface area contributed by atoms with Crippen LogP contribution in [-0.2, 0) is 11.2 Å². The lowest BCUT2D eigenvalue weighted by Gasteiger charge is -2.29. The van der Waals surface area contributed by atoms with Gasteiger partial charge >= 0.3 is 0 Å². The Bertz CT molecular complexity index is 1530. The number of benzene rings is 3. The summed E-state index contributed by atoms with van der Waals surface area (Å²) in [4.78, 5) is 37.3. The summed E-state index contributed by atoms with van der Waals surface area (Å²) >= 11 is 3.42. The number of anilines is 3. The molecule has 0 saturated heterocycles. The second-order valence-electron chi connectivity index (χ2n) is 10.7. The zero-order valence-corrected chi connectivity index (χ0v) is 24.9. The molecule has 1 aliphatic carbocycles. The molecule has 0 aliphatic heterocycles. The van der Waals surface area contributed by atoms with Crippen molar-refractivity contribution in [2.75, 3.05) is 36.2 Å². The van der Waals surface area contributed by atoms with Crippen LogP contribution in [0.25, 0.3) is 10.9 Å². The minimum Gasteiger partial charge on any atom is -0.362 e. The molecule has 1 aliphatic rings. The highest BCUT2D eigenvalue weighted by Crippen LogP contribution is 2.28. The number of para-hydroxylation sites is 1. The molecule has 3 aromatic carbocycles. The normalized spacial score (nSPS) is 16.7. The number of carbonyl (C=O) groups is 2. The number of hydrogen-bond acceptors (Lipinski definition) is 6. The topological polar surface area (TPSA) is 99.3 Å². The number of nitrogens with zero attached hydrogens (tertiary/aromatic N) is 3. The number of amides is 2. The van der Waals surface area contributed by atoms with Crippen LogP contribution in [0.1, 0.15) is 41.6 Å². The summed E-state index contributed by atoms with van der Waals surface area (Å²) in [5.41, 5.74) is 2.83. The molecule has 212 valence electrons. The number of nitrogens with one attached hydrogen (secondary N) is 3. The van der Waals surface area contributed by atoms with Gasteiger partial charge in [0.15, 0.2) is 0 Å². The van der Waals surface area contributed by atoms with Gasteiger partial charge in [-0.1, -0.05) is 52.3 Å².